The maximum Gasteiger partial charge on any atom is 0.256 e. The van der Waals surface area contributed by atoms with Crippen LogP contribution in [0.1, 0.15) is 10.4 Å². The third kappa shape index (κ3) is 2.26. The lowest BCUT2D eigenvalue weighted by Crippen LogP contribution is -2.11. The maximum absolute atomic E-state index is 12.0. The first-order valence-electron chi connectivity index (χ1n) is 5.84. The fraction of sp³-hybridized carbons (Fsp3) is 0. The number of aromatic nitrogens is 2. The quantitative estimate of drug-likeness (QED) is 0.654. The van der Waals surface area contributed by atoms with Crippen molar-refractivity contribution in [3.8, 4) is 0 Å². The van der Waals surface area contributed by atoms with Crippen LogP contribution in [0.3, 0.4) is 0 Å². The van der Waals surface area contributed by atoms with Crippen molar-refractivity contribution in [3.05, 3.63) is 54.1 Å². The van der Waals surface area contributed by atoms with Crippen LogP contribution in [-0.2, 0) is 0 Å². The normalized spacial score (nSPS) is 10.5. The second kappa shape index (κ2) is 4.45. The Hall–Kier alpha value is -2.82. The van der Waals surface area contributed by atoms with E-state index < -0.39 is 0 Å². The minimum absolute atomic E-state index is 0.167. The number of anilines is 2. The lowest BCUT2D eigenvalue weighted by molar-refractivity contribution is 0.102. The summed E-state index contributed by atoms with van der Waals surface area (Å²) in [6, 6.07) is 14.3. The van der Waals surface area contributed by atoms with Gasteiger partial charge in [-0.15, -0.1) is 0 Å². The molecule has 0 aliphatic rings. The molecule has 2 aromatic heterocycles. The number of aromatic amines is 1. The maximum atomic E-state index is 12.0. The van der Waals surface area contributed by atoms with E-state index in [0.717, 1.165) is 11.0 Å². The van der Waals surface area contributed by atoms with Gasteiger partial charge in [-0.25, -0.2) is 4.98 Å². The molecule has 1 amide bonds. The van der Waals surface area contributed by atoms with Gasteiger partial charge in [-0.1, -0.05) is 18.2 Å². The van der Waals surface area contributed by atoms with E-state index in [1.54, 1.807) is 24.3 Å². The van der Waals surface area contributed by atoms with Crippen LogP contribution in [-0.4, -0.2) is 15.9 Å². The molecule has 5 nitrogen and oxygen atoms in total. The highest BCUT2D eigenvalue weighted by Gasteiger charge is 2.08. The largest absolute Gasteiger partial charge is 0.384 e. The Morgan fingerprint density at radius 1 is 1.16 bits per heavy atom. The molecule has 4 N–H and O–H groups in total. The molecule has 0 saturated heterocycles. The fourth-order valence-electron chi connectivity index (χ4n) is 1.88. The minimum Gasteiger partial charge on any atom is -0.384 e. The van der Waals surface area contributed by atoms with Crippen LogP contribution in [0.5, 0.6) is 0 Å². The first-order valence-corrected chi connectivity index (χ1v) is 5.84. The predicted molar refractivity (Wildman–Crippen MR) is 74.9 cm³/mol. The predicted octanol–water partition coefficient (Wildman–Crippen LogP) is 2.40. The van der Waals surface area contributed by atoms with Crippen LogP contribution in [0.2, 0.25) is 0 Å². The van der Waals surface area contributed by atoms with Gasteiger partial charge in [-0.05, 0) is 24.3 Å². The first-order chi connectivity index (χ1) is 9.22. The Labute approximate surface area is 109 Å². The highest BCUT2D eigenvalue weighted by molar-refractivity contribution is 6.04. The van der Waals surface area contributed by atoms with E-state index >= 15 is 0 Å². The number of H-pyrrole nitrogens is 1. The molecular formula is C14H12N4O. The van der Waals surface area contributed by atoms with Crippen molar-refractivity contribution < 1.29 is 4.79 Å². The summed E-state index contributed by atoms with van der Waals surface area (Å²) in [5.74, 6) is 0.884. The zero-order valence-electron chi connectivity index (χ0n) is 10.1. The summed E-state index contributed by atoms with van der Waals surface area (Å²) < 4.78 is 0. The van der Waals surface area contributed by atoms with Crippen LogP contribution >= 0.6 is 0 Å². The second-order valence-corrected chi connectivity index (χ2v) is 4.17. The SMILES string of the molecule is Nc1ccc2[nH]c(NC(=O)c3ccccc3)cc2n1. The highest BCUT2D eigenvalue weighted by Crippen LogP contribution is 2.18. The van der Waals surface area contributed by atoms with E-state index in [4.69, 9.17) is 5.73 Å². The number of rotatable bonds is 2. The molecule has 0 fully saturated rings. The molecule has 0 saturated carbocycles. The molecule has 0 aliphatic heterocycles. The molecule has 0 atom stereocenters. The van der Waals surface area contributed by atoms with Crippen LogP contribution in [0, 0.1) is 0 Å². The summed E-state index contributed by atoms with van der Waals surface area (Å²) in [6.45, 7) is 0. The second-order valence-electron chi connectivity index (χ2n) is 4.17. The Balaban J connectivity index is 1.87. The van der Waals surface area contributed by atoms with Gasteiger partial charge >= 0.3 is 0 Å². The lowest BCUT2D eigenvalue weighted by Gasteiger charge is -2.01. The van der Waals surface area contributed by atoms with Gasteiger partial charge in [0.1, 0.15) is 11.6 Å². The number of fused-ring (bicyclic) bond motifs is 1. The van der Waals surface area contributed by atoms with Gasteiger partial charge in [0.2, 0.25) is 0 Å². The van der Waals surface area contributed by atoms with Gasteiger partial charge in [-0.3, -0.25) is 4.79 Å². The minimum atomic E-state index is -0.167. The van der Waals surface area contributed by atoms with Crippen molar-refractivity contribution in [1.29, 1.82) is 0 Å². The monoisotopic (exact) mass is 252 g/mol. The van der Waals surface area contributed by atoms with Gasteiger partial charge in [-0.2, -0.15) is 0 Å². The number of carbonyl (C=O) groups is 1. The van der Waals surface area contributed by atoms with Gasteiger partial charge in [0.25, 0.3) is 5.91 Å². The molecule has 5 heteroatoms. The molecule has 0 radical (unpaired) electrons. The molecule has 0 spiro atoms. The summed E-state index contributed by atoms with van der Waals surface area (Å²) in [5.41, 5.74) is 7.77. The summed E-state index contributed by atoms with van der Waals surface area (Å²) in [5, 5.41) is 2.79. The van der Waals surface area contributed by atoms with Gasteiger partial charge in [0.05, 0.1) is 11.0 Å². The molecular weight excluding hydrogens is 240 g/mol. The van der Waals surface area contributed by atoms with Crippen molar-refractivity contribution in [2.75, 3.05) is 11.1 Å². The van der Waals surface area contributed by atoms with E-state index in [2.05, 4.69) is 15.3 Å². The van der Waals surface area contributed by atoms with Crippen molar-refractivity contribution in [3.63, 3.8) is 0 Å². The number of nitrogens with two attached hydrogens (primary N) is 1. The Kier molecular flexibility index (Phi) is 2.64. The number of carbonyl (C=O) groups excluding carboxylic acids is 1. The van der Waals surface area contributed by atoms with Crippen molar-refractivity contribution in [1.82, 2.24) is 9.97 Å². The van der Waals surface area contributed by atoms with Crippen molar-refractivity contribution in [2.24, 2.45) is 0 Å². The smallest absolute Gasteiger partial charge is 0.256 e. The summed E-state index contributed by atoms with van der Waals surface area (Å²) in [4.78, 5) is 19.2. The molecule has 0 aliphatic carbocycles. The van der Waals surface area contributed by atoms with Crippen LogP contribution in [0.25, 0.3) is 11.0 Å². The first kappa shape index (κ1) is 11.3. The van der Waals surface area contributed by atoms with E-state index in [1.807, 2.05) is 24.3 Å². The fourth-order valence-corrected chi connectivity index (χ4v) is 1.88. The molecule has 19 heavy (non-hydrogen) atoms. The molecule has 1 aromatic carbocycles. The number of hydrogen-bond donors (Lipinski definition) is 3. The van der Waals surface area contributed by atoms with Gasteiger partial charge in [0, 0.05) is 11.6 Å². The molecule has 0 unspecified atom stereocenters. The number of nitrogens with zero attached hydrogens (tertiary/aromatic N) is 1. The average Bonchev–Trinajstić information content (AvgIpc) is 2.81. The number of hydrogen-bond acceptors (Lipinski definition) is 3. The summed E-state index contributed by atoms with van der Waals surface area (Å²) in [6.07, 6.45) is 0. The Morgan fingerprint density at radius 3 is 2.74 bits per heavy atom. The number of nitrogens with one attached hydrogen (secondary N) is 2. The third-order valence-electron chi connectivity index (χ3n) is 2.78. The summed E-state index contributed by atoms with van der Waals surface area (Å²) >= 11 is 0. The van der Waals surface area contributed by atoms with Crippen LogP contribution in [0.15, 0.2) is 48.5 Å². The number of pyridine rings is 1. The van der Waals surface area contributed by atoms with Gasteiger partial charge < -0.3 is 16.0 Å². The molecule has 2 heterocycles. The lowest BCUT2D eigenvalue weighted by atomic mass is 10.2. The number of benzene rings is 1. The van der Waals surface area contributed by atoms with E-state index in [9.17, 15) is 4.79 Å². The highest BCUT2D eigenvalue weighted by atomic mass is 16.1. The number of nitrogen functional groups attached to an aromatic ring is 1. The van der Waals surface area contributed by atoms with E-state index in [1.165, 1.54) is 0 Å². The molecule has 94 valence electrons. The topological polar surface area (TPSA) is 83.8 Å². The summed E-state index contributed by atoms with van der Waals surface area (Å²) in [7, 11) is 0. The third-order valence-corrected chi connectivity index (χ3v) is 2.78. The van der Waals surface area contributed by atoms with E-state index in [0.29, 0.717) is 17.2 Å². The Morgan fingerprint density at radius 2 is 1.95 bits per heavy atom. The zero-order valence-corrected chi connectivity index (χ0v) is 10.1. The zero-order chi connectivity index (χ0) is 13.2. The molecule has 0 bridgehead atoms. The van der Waals surface area contributed by atoms with Crippen LogP contribution in [0.4, 0.5) is 11.6 Å². The standard InChI is InChI=1S/C14H12N4O/c15-12-7-6-10-11(16-12)8-13(17-10)18-14(19)9-4-2-1-3-5-9/h1-8,17H,(H2,15,16)(H,18,19). The van der Waals surface area contributed by atoms with Crippen molar-refractivity contribution >= 4 is 28.6 Å². The van der Waals surface area contributed by atoms with Crippen LogP contribution < -0.4 is 11.1 Å². The average molecular weight is 252 g/mol. The molecule has 3 aromatic rings. The molecule has 3 rings (SSSR count). The van der Waals surface area contributed by atoms with Crippen molar-refractivity contribution in [2.45, 2.75) is 0 Å². The van der Waals surface area contributed by atoms with E-state index in [-0.39, 0.29) is 5.91 Å². The van der Waals surface area contributed by atoms with Gasteiger partial charge in [0.15, 0.2) is 0 Å². The number of amides is 1. The Bertz CT molecular complexity index is 734.